The van der Waals surface area contributed by atoms with Gasteiger partial charge in [0.05, 0.1) is 6.61 Å². The van der Waals surface area contributed by atoms with Crippen molar-refractivity contribution < 1.29 is 9.53 Å². The molecule has 0 bridgehead atoms. The van der Waals surface area contributed by atoms with Crippen LogP contribution >= 0.6 is 0 Å². The molecule has 3 atom stereocenters. The Balaban J connectivity index is 1.36. The quantitative estimate of drug-likeness (QED) is 0.772. The molecule has 0 aromatic heterocycles. The van der Waals surface area contributed by atoms with Crippen molar-refractivity contribution in [3.63, 3.8) is 0 Å². The van der Waals surface area contributed by atoms with Gasteiger partial charge in [0, 0.05) is 24.4 Å². The molecule has 108 valence electrons. The third-order valence-corrected chi connectivity index (χ3v) is 5.14. The molecular formula is C17H23NO2. The summed E-state index contributed by atoms with van der Waals surface area (Å²) >= 11 is 0. The van der Waals surface area contributed by atoms with Crippen LogP contribution in [0.1, 0.15) is 33.1 Å². The van der Waals surface area contributed by atoms with Gasteiger partial charge in [-0.25, -0.2) is 0 Å². The van der Waals surface area contributed by atoms with Crippen molar-refractivity contribution >= 4 is 5.91 Å². The number of amides is 1. The number of ether oxygens (including phenoxy) is 1. The Kier molecular flexibility index (Phi) is 3.45. The van der Waals surface area contributed by atoms with E-state index in [2.05, 4.69) is 13.8 Å². The molecule has 3 nitrogen and oxygen atoms in total. The number of hydrogen-bond donors (Lipinski definition) is 0. The summed E-state index contributed by atoms with van der Waals surface area (Å²) in [5.74, 6) is 1.98. The van der Waals surface area contributed by atoms with Crippen LogP contribution in [-0.2, 0) is 4.79 Å². The van der Waals surface area contributed by atoms with E-state index in [1.54, 1.807) is 0 Å². The number of carbonyl (C=O) groups is 1. The van der Waals surface area contributed by atoms with Crippen LogP contribution in [0.25, 0.3) is 0 Å². The molecule has 1 heterocycles. The van der Waals surface area contributed by atoms with Gasteiger partial charge in [0.2, 0.25) is 5.91 Å². The van der Waals surface area contributed by atoms with E-state index in [1.165, 1.54) is 6.42 Å². The maximum Gasteiger partial charge on any atom is 0.222 e. The van der Waals surface area contributed by atoms with Crippen LogP contribution in [0.4, 0.5) is 0 Å². The predicted molar refractivity (Wildman–Crippen MR) is 78.6 cm³/mol. The fraction of sp³-hybridized carbons (Fsp3) is 0.588. The minimum atomic E-state index is 0.291. The smallest absolute Gasteiger partial charge is 0.222 e. The molecule has 3 rings (SSSR count). The van der Waals surface area contributed by atoms with Crippen molar-refractivity contribution in [1.82, 2.24) is 4.90 Å². The second kappa shape index (κ2) is 5.12. The van der Waals surface area contributed by atoms with Gasteiger partial charge in [-0.3, -0.25) is 4.79 Å². The molecule has 1 aromatic carbocycles. The molecule has 1 aromatic rings. The first-order valence-corrected chi connectivity index (χ1v) is 7.61. The molecule has 2 fully saturated rings. The van der Waals surface area contributed by atoms with Crippen LogP contribution < -0.4 is 4.74 Å². The summed E-state index contributed by atoms with van der Waals surface area (Å²) < 4.78 is 5.61. The van der Waals surface area contributed by atoms with Crippen LogP contribution in [0.3, 0.4) is 0 Å². The molecule has 1 saturated carbocycles. The Morgan fingerprint density at radius 3 is 2.65 bits per heavy atom. The number of benzene rings is 1. The number of para-hydroxylation sites is 1. The van der Waals surface area contributed by atoms with E-state index in [4.69, 9.17) is 4.74 Å². The molecule has 1 saturated heterocycles. The molecule has 3 heteroatoms. The monoisotopic (exact) mass is 273 g/mol. The minimum absolute atomic E-state index is 0.291. The first-order valence-electron chi connectivity index (χ1n) is 7.61. The van der Waals surface area contributed by atoms with Crippen LogP contribution in [0, 0.1) is 11.3 Å². The van der Waals surface area contributed by atoms with E-state index >= 15 is 0 Å². The summed E-state index contributed by atoms with van der Waals surface area (Å²) in [6, 6.07) is 10.2. The highest BCUT2D eigenvalue weighted by Crippen LogP contribution is 2.62. The molecular weight excluding hydrogens is 250 g/mol. The van der Waals surface area contributed by atoms with E-state index in [9.17, 15) is 4.79 Å². The second-order valence-electron chi connectivity index (χ2n) is 6.30. The maximum absolute atomic E-state index is 12.1. The van der Waals surface area contributed by atoms with Gasteiger partial charge in [-0.15, -0.1) is 0 Å². The van der Waals surface area contributed by atoms with Crippen molar-refractivity contribution in [3.8, 4) is 5.75 Å². The Morgan fingerprint density at radius 1 is 1.35 bits per heavy atom. The molecule has 0 radical (unpaired) electrons. The highest BCUT2D eigenvalue weighted by Gasteiger charge is 2.64. The zero-order chi connectivity index (χ0) is 14.2. The molecule has 20 heavy (non-hydrogen) atoms. The standard InChI is InChI=1S/C17H23NO2/c1-13-11-17(13)12-18(14(17)2)16(19)9-6-10-20-15-7-4-3-5-8-15/h3-5,7-8,13-14H,6,9-12H2,1-2H3. The van der Waals surface area contributed by atoms with Crippen LogP contribution in [0.15, 0.2) is 30.3 Å². The fourth-order valence-corrected chi connectivity index (χ4v) is 3.48. The first-order chi connectivity index (χ1) is 9.63. The molecule has 1 spiro atoms. The second-order valence-corrected chi connectivity index (χ2v) is 6.30. The zero-order valence-electron chi connectivity index (χ0n) is 12.3. The average molecular weight is 273 g/mol. The molecule has 1 aliphatic heterocycles. The van der Waals surface area contributed by atoms with E-state index in [0.29, 0.717) is 30.4 Å². The summed E-state index contributed by atoms with van der Waals surface area (Å²) in [5.41, 5.74) is 0.482. The summed E-state index contributed by atoms with van der Waals surface area (Å²) in [6.45, 7) is 6.09. The van der Waals surface area contributed by atoms with E-state index in [1.807, 2.05) is 35.2 Å². The molecule has 2 aliphatic rings. The van der Waals surface area contributed by atoms with Gasteiger partial charge >= 0.3 is 0 Å². The van der Waals surface area contributed by atoms with Crippen molar-refractivity contribution in [1.29, 1.82) is 0 Å². The third-order valence-electron chi connectivity index (χ3n) is 5.14. The number of hydrogen-bond acceptors (Lipinski definition) is 2. The number of nitrogens with zero attached hydrogens (tertiary/aromatic N) is 1. The Hall–Kier alpha value is -1.51. The summed E-state index contributed by atoms with van der Waals surface area (Å²) in [4.78, 5) is 14.2. The van der Waals surface area contributed by atoms with Crippen molar-refractivity contribution in [2.24, 2.45) is 11.3 Å². The lowest BCUT2D eigenvalue weighted by Gasteiger charge is -2.48. The normalized spacial score (nSPS) is 31.0. The number of carbonyl (C=O) groups excluding carboxylic acids is 1. The van der Waals surface area contributed by atoms with Gasteiger partial charge in [-0.05, 0) is 37.8 Å². The van der Waals surface area contributed by atoms with E-state index in [0.717, 1.165) is 24.6 Å². The number of rotatable bonds is 5. The summed E-state index contributed by atoms with van der Waals surface area (Å²) in [5, 5.41) is 0. The fourth-order valence-electron chi connectivity index (χ4n) is 3.48. The molecule has 0 N–H and O–H groups in total. The summed E-state index contributed by atoms with van der Waals surface area (Å²) in [6.07, 6.45) is 2.69. The van der Waals surface area contributed by atoms with Gasteiger partial charge in [0.1, 0.15) is 5.75 Å². The molecule has 1 aliphatic carbocycles. The van der Waals surface area contributed by atoms with Gasteiger partial charge in [-0.2, -0.15) is 0 Å². The van der Waals surface area contributed by atoms with Gasteiger partial charge in [0.15, 0.2) is 0 Å². The van der Waals surface area contributed by atoms with E-state index < -0.39 is 0 Å². The lowest BCUT2D eigenvalue weighted by molar-refractivity contribution is -0.145. The zero-order valence-corrected chi connectivity index (χ0v) is 12.3. The van der Waals surface area contributed by atoms with Crippen LogP contribution in [0.5, 0.6) is 5.75 Å². The van der Waals surface area contributed by atoms with Crippen molar-refractivity contribution in [2.45, 2.75) is 39.2 Å². The molecule has 1 amide bonds. The predicted octanol–water partition coefficient (Wildman–Crippen LogP) is 3.10. The largest absolute Gasteiger partial charge is 0.494 e. The van der Waals surface area contributed by atoms with E-state index in [-0.39, 0.29) is 0 Å². The lowest BCUT2D eigenvalue weighted by Crippen LogP contribution is -2.59. The Bertz CT molecular complexity index is 487. The Morgan fingerprint density at radius 2 is 2.05 bits per heavy atom. The van der Waals surface area contributed by atoms with Gasteiger partial charge in [-0.1, -0.05) is 25.1 Å². The Labute approximate surface area is 120 Å². The first kappa shape index (κ1) is 13.5. The number of likely N-dealkylation sites (tertiary alicyclic amines) is 1. The molecule has 3 unspecified atom stereocenters. The maximum atomic E-state index is 12.1. The third kappa shape index (κ3) is 2.30. The highest BCUT2D eigenvalue weighted by atomic mass is 16.5. The van der Waals surface area contributed by atoms with Crippen LogP contribution in [0.2, 0.25) is 0 Å². The van der Waals surface area contributed by atoms with Gasteiger partial charge < -0.3 is 9.64 Å². The SMILES string of the molecule is CC1CC12CN(C(=O)CCCOc1ccccc1)C2C. The van der Waals surface area contributed by atoms with Crippen molar-refractivity contribution in [2.75, 3.05) is 13.2 Å². The van der Waals surface area contributed by atoms with Gasteiger partial charge in [0.25, 0.3) is 0 Å². The summed E-state index contributed by atoms with van der Waals surface area (Å²) in [7, 11) is 0. The average Bonchev–Trinajstić information content (AvgIpc) is 3.15. The highest BCUT2D eigenvalue weighted by molar-refractivity contribution is 5.78. The lowest BCUT2D eigenvalue weighted by atomic mass is 9.84. The van der Waals surface area contributed by atoms with Crippen molar-refractivity contribution in [3.05, 3.63) is 30.3 Å². The van der Waals surface area contributed by atoms with Crippen LogP contribution in [-0.4, -0.2) is 30.0 Å². The minimum Gasteiger partial charge on any atom is -0.494 e. The topological polar surface area (TPSA) is 29.5 Å².